The van der Waals surface area contributed by atoms with Gasteiger partial charge in [-0.25, -0.2) is 4.98 Å². The summed E-state index contributed by atoms with van der Waals surface area (Å²) in [4.78, 5) is 18.0. The lowest BCUT2D eigenvalue weighted by atomic mass is 10.2. The molecule has 1 amide bonds. The molecule has 0 atom stereocenters. The summed E-state index contributed by atoms with van der Waals surface area (Å²) in [5.74, 6) is 0.393. The van der Waals surface area contributed by atoms with Gasteiger partial charge in [0, 0.05) is 18.3 Å². The molecule has 4 nitrogen and oxygen atoms in total. The normalized spacial score (nSPS) is 10.3. The van der Waals surface area contributed by atoms with Crippen LogP contribution in [0.4, 0.5) is 5.69 Å². The molecule has 0 unspecified atom stereocenters. The number of benzene rings is 2. The minimum absolute atomic E-state index is 0.0835. The molecule has 2 aromatic carbocycles. The molecule has 0 aliphatic carbocycles. The molecule has 1 aromatic heterocycles. The number of hydrogen-bond donors (Lipinski definition) is 0. The number of hydrogen-bond acceptors (Lipinski definition) is 3. The SMILES string of the molecule is CN(C(=O)c1ncc(-c2ccccc2)o1)c1ccccc1. The molecule has 0 fully saturated rings. The van der Waals surface area contributed by atoms with E-state index in [1.807, 2.05) is 60.7 Å². The van der Waals surface area contributed by atoms with Crippen molar-refractivity contribution in [3.8, 4) is 11.3 Å². The smallest absolute Gasteiger partial charge is 0.313 e. The molecular weight excluding hydrogens is 264 g/mol. The van der Waals surface area contributed by atoms with Crippen LogP contribution in [-0.2, 0) is 0 Å². The van der Waals surface area contributed by atoms with E-state index in [9.17, 15) is 4.79 Å². The number of anilines is 1. The third kappa shape index (κ3) is 2.69. The van der Waals surface area contributed by atoms with Crippen molar-refractivity contribution in [2.75, 3.05) is 11.9 Å². The summed E-state index contributed by atoms with van der Waals surface area (Å²) >= 11 is 0. The number of oxazole rings is 1. The van der Waals surface area contributed by atoms with Gasteiger partial charge in [-0.05, 0) is 12.1 Å². The Labute approximate surface area is 122 Å². The lowest BCUT2D eigenvalue weighted by Gasteiger charge is -2.14. The van der Waals surface area contributed by atoms with Gasteiger partial charge in [0.25, 0.3) is 5.89 Å². The number of carbonyl (C=O) groups excluding carboxylic acids is 1. The summed E-state index contributed by atoms with van der Waals surface area (Å²) < 4.78 is 5.57. The fourth-order valence-corrected chi connectivity index (χ4v) is 2.02. The van der Waals surface area contributed by atoms with Gasteiger partial charge in [0.15, 0.2) is 5.76 Å². The van der Waals surface area contributed by atoms with Gasteiger partial charge in [0.05, 0.1) is 6.20 Å². The Morgan fingerprint density at radius 2 is 1.62 bits per heavy atom. The fraction of sp³-hybridized carbons (Fsp3) is 0.0588. The van der Waals surface area contributed by atoms with Crippen LogP contribution in [0.2, 0.25) is 0 Å². The molecule has 3 aromatic rings. The van der Waals surface area contributed by atoms with Crippen LogP contribution in [-0.4, -0.2) is 17.9 Å². The Morgan fingerprint density at radius 1 is 1.00 bits per heavy atom. The largest absolute Gasteiger partial charge is 0.432 e. The second-order valence-electron chi connectivity index (χ2n) is 4.60. The predicted octanol–water partition coefficient (Wildman–Crippen LogP) is 3.62. The summed E-state index contributed by atoms with van der Waals surface area (Å²) in [6.45, 7) is 0. The van der Waals surface area contributed by atoms with Gasteiger partial charge in [-0.1, -0.05) is 48.5 Å². The van der Waals surface area contributed by atoms with Gasteiger partial charge < -0.3 is 9.32 Å². The topological polar surface area (TPSA) is 46.3 Å². The number of para-hydroxylation sites is 1. The molecular formula is C17H14N2O2. The van der Waals surface area contributed by atoms with Crippen molar-refractivity contribution in [3.05, 3.63) is 72.8 Å². The Bertz CT molecular complexity index is 736. The van der Waals surface area contributed by atoms with E-state index in [0.29, 0.717) is 5.76 Å². The molecule has 0 N–H and O–H groups in total. The number of carbonyl (C=O) groups is 1. The van der Waals surface area contributed by atoms with Crippen LogP contribution in [0.5, 0.6) is 0 Å². The van der Waals surface area contributed by atoms with Crippen molar-refractivity contribution in [1.82, 2.24) is 4.98 Å². The number of aromatic nitrogens is 1. The Hall–Kier alpha value is -2.88. The average Bonchev–Trinajstić information content (AvgIpc) is 3.05. The van der Waals surface area contributed by atoms with Crippen LogP contribution in [0.25, 0.3) is 11.3 Å². The molecule has 3 rings (SSSR count). The van der Waals surface area contributed by atoms with Crippen molar-refractivity contribution < 1.29 is 9.21 Å². The highest BCUT2D eigenvalue weighted by atomic mass is 16.4. The van der Waals surface area contributed by atoms with Crippen molar-refractivity contribution in [2.45, 2.75) is 0 Å². The maximum absolute atomic E-state index is 12.4. The third-order valence-electron chi connectivity index (χ3n) is 3.20. The van der Waals surface area contributed by atoms with Crippen molar-refractivity contribution in [3.63, 3.8) is 0 Å². The minimum atomic E-state index is -0.275. The lowest BCUT2D eigenvalue weighted by molar-refractivity contribution is 0.0960. The predicted molar refractivity (Wildman–Crippen MR) is 81.1 cm³/mol. The molecule has 0 aliphatic heterocycles. The molecule has 0 aliphatic rings. The van der Waals surface area contributed by atoms with Gasteiger partial charge in [-0.15, -0.1) is 0 Å². The highest BCUT2D eigenvalue weighted by Crippen LogP contribution is 2.21. The van der Waals surface area contributed by atoms with E-state index in [4.69, 9.17) is 4.42 Å². The van der Waals surface area contributed by atoms with E-state index in [1.54, 1.807) is 13.2 Å². The Morgan fingerprint density at radius 3 is 2.29 bits per heavy atom. The maximum atomic E-state index is 12.4. The van der Waals surface area contributed by atoms with Crippen LogP contribution < -0.4 is 4.90 Å². The number of rotatable bonds is 3. The van der Waals surface area contributed by atoms with Crippen LogP contribution in [0.1, 0.15) is 10.7 Å². The van der Waals surface area contributed by atoms with E-state index in [1.165, 1.54) is 4.90 Å². The molecule has 0 spiro atoms. The third-order valence-corrected chi connectivity index (χ3v) is 3.20. The summed E-state index contributed by atoms with van der Waals surface area (Å²) in [5.41, 5.74) is 1.69. The summed E-state index contributed by atoms with van der Waals surface area (Å²) in [7, 11) is 1.70. The summed E-state index contributed by atoms with van der Waals surface area (Å²) in [5, 5.41) is 0. The van der Waals surface area contributed by atoms with E-state index < -0.39 is 0 Å². The standard InChI is InChI=1S/C17H14N2O2/c1-19(14-10-6-3-7-11-14)17(20)16-18-12-15(21-16)13-8-4-2-5-9-13/h2-12H,1H3. The highest BCUT2D eigenvalue weighted by molar-refractivity contribution is 6.02. The number of nitrogens with zero attached hydrogens (tertiary/aromatic N) is 2. The molecule has 21 heavy (non-hydrogen) atoms. The van der Waals surface area contributed by atoms with Gasteiger partial charge in [0.2, 0.25) is 0 Å². The quantitative estimate of drug-likeness (QED) is 0.735. The van der Waals surface area contributed by atoms with Crippen molar-refractivity contribution >= 4 is 11.6 Å². The first-order valence-electron chi connectivity index (χ1n) is 6.60. The summed E-state index contributed by atoms with van der Waals surface area (Å²) in [6, 6.07) is 19.0. The van der Waals surface area contributed by atoms with Gasteiger partial charge >= 0.3 is 5.91 Å². The van der Waals surface area contributed by atoms with Crippen LogP contribution >= 0.6 is 0 Å². The van der Waals surface area contributed by atoms with Crippen LogP contribution in [0, 0.1) is 0 Å². The molecule has 0 saturated heterocycles. The molecule has 0 bridgehead atoms. The second kappa shape index (κ2) is 5.63. The molecule has 104 valence electrons. The number of amides is 1. The summed E-state index contributed by atoms with van der Waals surface area (Å²) in [6.07, 6.45) is 1.57. The zero-order valence-corrected chi connectivity index (χ0v) is 11.6. The van der Waals surface area contributed by atoms with Gasteiger partial charge in [-0.2, -0.15) is 0 Å². The van der Waals surface area contributed by atoms with Crippen LogP contribution in [0.3, 0.4) is 0 Å². The Balaban J connectivity index is 1.85. The molecule has 4 heteroatoms. The lowest BCUT2D eigenvalue weighted by Crippen LogP contribution is -2.26. The minimum Gasteiger partial charge on any atom is -0.432 e. The van der Waals surface area contributed by atoms with E-state index >= 15 is 0 Å². The molecule has 1 heterocycles. The fourth-order valence-electron chi connectivity index (χ4n) is 2.02. The first kappa shape index (κ1) is 13.1. The van der Waals surface area contributed by atoms with Gasteiger partial charge in [-0.3, -0.25) is 4.79 Å². The van der Waals surface area contributed by atoms with Crippen molar-refractivity contribution in [1.29, 1.82) is 0 Å². The first-order valence-corrected chi connectivity index (χ1v) is 6.60. The maximum Gasteiger partial charge on any atom is 0.313 e. The van der Waals surface area contributed by atoms with E-state index in [2.05, 4.69) is 4.98 Å². The zero-order chi connectivity index (χ0) is 14.7. The molecule has 0 radical (unpaired) electrons. The van der Waals surface area contributed by atoms with Crippen molar-refractivity contribution in [2.24, 2.45) is 0 Å². The zero-order valence-electron chi connectivity index (χ0n) is 11.6. The highest BCUT2D eigenvalue weighted by Gasteiger charge is 2.19. The monoisotopic (exact) mass is 278 g/mol. The van der Waals surface area contributed by atoms with E-state index in [-0.39, 0.29) is 11.8 Å². The van der Waals surface area contributed by atoms with E-state index in [0.717, 1.165) is 11.3 Å². The first-order chi connectivity index (χ1) is 10.3. The van der Waals surface area contributed by atoms with Crippen LogP contribution in [0.15, 0.2) is 71.3 Å². The average molecular weight is 278 g/mol. The Kier molecular flexibility index (Phi) is 3.51. The van der Waals surface area contributed by atoms with Gasteiger partial charge in [0.1, 0.15) is 0 Å². The molecule has 0 saturated carbocycles. The second-order valence-corrected chi connectivity index (χ2v) is 4.60.